The van der Waals surface area contributed by atoms with Gasteiger partial charge in [0.15, 0.2) is 11.6 Å². The number of nitrogens with one attached hydrogen (secondary N) is 1. The Morgan fingerprint density at radius 3 is 2.88 bits per heavy atom. The molecule has 0 radical (unpaired) electrons. The standard InChI is InChI=1S/C16H19FN4O3/c1-10-9-13(21(20-10)11-5-7-24-8-6-11)16(22)19-15-12(17)3-4-14(18-15)23-2/h3-4,9,11H,5-8H2,1-2H3,(H,18,19,22). The minimum atomic E-state index is -0.627. The zero-order chi connectivity index (χ0) is 17.1. The van der Waals surface area contributed by atoms with Gasteiger partial charge in [0.05, 0.1) is 18.8 Å². The number of hydrogen-bond donors (Lipinski definition) is 1. The van der Waals surface area contributed by atoms with Gasteiger partial charge in [0, 0.05) is 19.3 Å². The molecular weight excluding hydrogens is 315 g/mol. The smallest absolute Gasteiger partial charge is 0.275 e. The van der Waals surface area contributed by atoms with Crippen molar-refractivity contribution in [3.05, 3.63) is 35.4 Å². The lowest BCUT2D eigenvalue weighted by molar-refractivity contribution is 0.0646. The van der Waals surface area contributed by atoms with E-state index in [1.807, 2.05) is 6.92 Å². The van der Waals surface area contributed by atoms with Crippen molar-refractivity contribution in [1.29, 1.82) is 0 Å². The molecule has 7 nitrogen and oxygen atoms in total. The average molecular weight is 334 g/mol. The van der Waals surface area contributed by atoms with Crippen LogP contribution in [0.4, 0.5) is 10.2 Å². The number of rotatable bonds is 4. The number of ether oxygens (including phenoxy) is 2. The average Bonchev–Trinajstić information content (AvgIpc) is 2.99. The Morgan fingerprint density at radius 1 is 1.42 bits per heavy atom. The molecule has 0 spiro atoms. The molecule has 24 heavy (non-hydrogen) atoms. The normalized spacial score (nSPS) is 15.3. The van der Waals surface area contributed by atoms with Crippen molar-refractivity contribution in [3.63, 3.8) is 0 Å². The van der Waals surface area contributed by atoms with Gasteiger partial charge in [-0.1, -0.05) is 0 Å². The van der Waals surface area contributed by atoms with E-state index >= 15 is 0 Å². The molecule has 128 valence electrons. The molecule has 0 atom stereocenters. The number of aromatic nitrogens is 3. The first-order chi connectivity index (χ1) is 11.6. The molecule has 1 N–H and O–H groups in total. The summed E-state index contributed by atoms with van der Waals surface area (Å²) in [5, 5.41) is 6.91. The van der Waals surface area contributed by atoms with E-state index in [-0.39, 0.29) is 17.7 Å². The highest BCUT2D eigenvalue weighted by molar-refractivity contribution is 6.02. The molecule has 1 fully saturated rings. The minimum absolute atomic E-state index is 0.0938. The Kier molecular flexibility index (Phi) is 4.75. The number of halogens is 1. The van der Waals surface area contributed by atoms with Crippen LogP contribution in [-0.4, -0.2) is 41.0 Å². The maximum Gasteiger partial charge on any atom is 0.275 e. The summed E-state index contributed by atoms with van der Waals surface area (Å²) >= 11 is 0. The lowest BCUT2D eigenvalue weighted by Gasteiger charge is -2.23. The van der Waals surface area contributed by atoms with Crippen molar-refractivity contribution in [2.24, 2.45) is 0 Å². The van der Waals surface area contributed by atoms with Gasteiger partial charge in [-0.3, -0.25) is 9.48 Å². The predicted octanol–water partition coefficient (Wildman–Crippen LogP) is 2.34. The van der Waals surface area contributed by atoms with Crippen molar-refractivity contribution in [2.45, 2.75) is 25.8 Å². The molecule has 3 heterocycles. The van der Waals surface area contributed by atoms with Gasteiger partial charge in [0.2, 0.25) is 5.88 Å². The van der Waals surface area contributed by atoms with Crippen LogP contribution in [0.1, 0.15) is 35.1 Å². The molecule has 0 unspecified atom stereocenters. The Morgan fingerprint density at radius 2 is 2.17 bits per heavy atom. The van der Waals surface area contributed by atoms with Gasteiger partial charge in [0.25, 0.3) is 5.91 Å². The van der Waals surface area contributed by atoms with Crippen LogP contribution in [0.15, 0.2) is 18.2 Å². The number of carbonyl (C=O) groups is 1. The van der Waals surface area contributed by atoms with Gasteiger partial charge < -0.3 is 14.8 Å². The summed E-state index contributed by atoms with van der Waals surface area (Å²) in [4.78, 5) is 16.5. The molecular formula is C16H19FN4O3. The second kappa shape index (κ2) is 6.96. The first-order valence-corrected chi connectivity index (χ1v) is 7.74. The lowest BCUT2D eigenvalue weighted by atomic mass is 10.1. The van der Waals surface area contributed by atoms with E-state index in [2.05, 4.69) is 15.4 Å². The topological polar surface area (TPSA) is 78.3 Å². The van der Waals surface area contributed by atoms with Crippen molar-refractivity contribution in [3.8, 4) is 5.88 Å². The molecule has 0 aromatic carbocycles. The molecule has 1 aliphatic rings. The van der Waals surface area contributed by atoms with Crippen LogP contribution in [0.2, 0.25) is 0 Å². The Labute approximate surface area is 138 Å². The molecule has 1 saturated heterocycles. The van der Waals surface area contributed by atoms with E-state index in [1.165, 1.54) is 19.2 Å². The second-order valence-electron chi connectivity index (χ2n) is 5.60. The summed E-state index contributed by atoms with van der Waals surface area (Å²) in [6.07, 6.45) is 1.57. The van der Waals surface area contributed by atoms with E-state index in [1.54, 1.807) is 10.7 Å². The summed E-state index contributed by atoms with van der Waals surface area (Å²) in [7, 11) is 1.43. The van der Waals surface area contributed by atoms with Crippen molar-refractivity contribution < 1.29 is 18.7 Å². The number of anilines is 1. The van der Waals surface area contributed by atoms with E-state index in [9.17, 15) is 9.18 Å². The van der Waals surface area contributed by atoms with Gasteiger partial charge in [0.1, 0.15) is 5.69 Å². The number of hydrogen-bond acceptors (Lipinski definition) is 5. The highest BCUT2D eigenvalue weighted by atomic mass is 19.1. The van der Waals surface area contributed by atoms with Crippen molar-refractivity contribution >= 4 is 11.7 Å². The highest BCUT2D eigenvalue weighted by Crippen LogP contribution is 2.24. The fraction of sp³-hybridized carbons (Fsp3) is 0.438. The number of pyridine rings is 1. The fourth-order valence-electron chi connectivity index (χ4n) is 2.69. The molecule has 1 amide bonds. The number of carbonyl (C=O) groups excluding carboxylic acids is 1. The molecule has 3 rings (SSSR count). The summed E-state index contributed by atoms with van der Waals surface area (Å²) in [5.74, 6) is -1.03. The van der Waals surface area contributed by atoms with Crippen LogP contribution in [-0.2, 0) is 4.74 Å². The highest BCUT2D eigenvalue weighted by Gasteiger charge is 2.24. The lowest BCUT2D eigenvalue weighted by Crippen LogP contribution is -2.26. The fourth-order valence-corrected chi connectivity index (χ4v) is 2.69. The Balaban J connectivity index is 1.85. The van der Waals surface area contributed by atoms with Gasteiger partial charge in [-0.15, -0.1) is 0 Å². The van der Waals surface area contributed by atoms with Crippen LogP contribution in [0.25, 0.3) is 0 Å². The zero-order valence-electron chi connectivity index (χ0n) is 13.6. The molecule has 2 aromatic heterocycles. The largest absolute Gasteiger partial charge is 0.481 e. The van der Waals surface area contributed by atoms with Crippen molar-refractivity contribution in [1.82, 2.24) is 14.8 Å². The third kappa shape index (κ3) is 3.38. The SMILES string of the molecule is COc1ccc(F)c(NC(=O)c2cc(C)nn2C2CCOCC2)n1. The van der Waals surface area contributed by atoms with Crippen LogP contribution in [0.3, 0.4) is 0 Å². The molecule has 0 saturated carbocycles. The summed E-state index contributed by atoms with van der Waals surface area (Å²) in [6.45, 7) is 3.09. The van der Waals surface area contributed by atoms with Gasteiger partial charge in [-0.25, -0.2) is 4.39 Å². The summed E-state index contributed by atoms with van der Waals surface area (Å²) < 4.78 is 25.9. The molecule has 2 aromatic rings. The van der Waals surface area contributed by atoms with Gasteiger partial charge in [-0.2, -0.15) is 10.1 Å². The predicted molar refractivity (Wildman–Crippen MR) is 84.8 cm³/mol. The number of aryl methyl sites for hydroxylation is 1. The first kappa shape index (κ1) is 16.4. The van der Waals surface area contributed by atoms with Crippen LogP contribution < -0.4 is 10.1 Å². The monoisotopic (exact) mass is 334 g/mol. The third-order valence-corrected chi connectivity index (χ3v) is 3.89. The number of methoxy groups -OCH3 is 1. The van der Waals surface area contributed by atoms with E-state index in [4.69, 9.17) is 9.47 Å². The maximum atomic E-state index is 13.9. The summed E-state index contributed by atoms with van der Waals surface area (Å²) in [5.41, 5.74) is 1.11. The third-order valence-electron chi connectivity index (χ3n) is 3.89. The Bertz CT molecular complexity index is 741. The van der Waals surface area contributed by atoms with Gasteiger partial charge >= 0.3 is 0 Å². The quantitative estimate of drug-likeness (QED) is 0.928. The van der Waals surface area contributed by atoms with Gasteiger partial charge in [-0.05, 0) is 31.9 Å². The van der Waals surface area contributed by atoms with E-state index in [0.29, 0.717) is 18.9 Å². The van der Waals surface area contributed by atoms with Crippen LogP contribution in [0, 0.1) is 12.7 Å². The second-order valence-corrected chi connectivity index (χ2v) is 5.60. The maximum absolute atomic E-state index is 13.9. The van der Waals surface area contributed by atoms with Crippen LogP contribution >= 0.6 is 0 Å². The molecule has 0 bridgehead atoms. The van der Waals surface area contributed by atoms with Crippen molar-refractivity contribution in [2.75, 3.05) is 25.6 Å². The number of amides is 1. The molecule has 8 heteroatoms. The molecule has 0 aliphatic carbocycles. The summed E-state index contributed by atoms with van der Waals surface area (Å²) in [6, 6.07) is 4.36. The first-order valence-electron chi connectivity index (χ1n) is 7.74. The molecule has 1 aliphatic heterocycles. The van der Waals surface area contributed by atoms with E-state index < -0.39 is 11.7 Å². The number of nitrogens with zero attached hydrogens (tertiary/aromatic N) is 3. The van der Waals surface area contributed by atoms with E-state index in [0.717, 1.165) is 18.5 Å². The Hall–Kier alpha value is -2.48. The zero-order valence-corrected chi connectivity index (χ0v) is 13.6. The minimum Gasteiger partial charge on any atom is -0.481 e. The van der Waals surface area contributed by atoms with Crippen LogP contribution in [0.5, 0.6) is 5.88 Å².